The first kappa shape index (κ1) is 16.7. The van der Waals surface area contributed by atoms with E-state index in [0.29, 0.717) is 31.9 Å². The van der Waals surface area contributed by atoms with Crippen LogP contribution in [0.1, 0.15) is 0 Å². The van der Waals surface area contributed by atoms with Gasteiger partial charge >= 0.3 is 0 Å². The molecular weight excluding hydrogens is 399 g/mol. The zero-order valence-corrected chi connectivity index (χ0v) is 15.0. The molecule has 0 saturated heterocycles. The lowest BCUT2D eigenvalue weighted by molar-refractivity contribution is 1.03. The summed E-state index contributed by atoms with van der Waals surface area (Å²) in [6.45, 7) is 0. The van der Waals surface area contributed by atoms with Crippen molar-refractivity contribution in [1.29, 1.82) is 0 Å². The SMILES string of the molecule is Clc1ccc(-c2c(Cl)nnc(Cl)c2-c2ncc(Cl)cc2Cl)cc1. The Kier molecular flexibility index (Phi) is 4.95. The second kappa shape index (κ2) is 6.80. The van der Waals surface area contributed by atoms with Gasteiger partial charge in [0.2, 0.25) is 0 Å². The molecule has 0 aliphatic carbocycles. The first-order valence-electron chi connectivity index (χ1n) is 6.26. The Labute approximate surface area is 157 Å². The summed E-state index contributed by atoms with van der Waals surface area (Å²) in [7, 11) is 0. The molecule has 0 amide bonds. The lowest BCUT2D eigenvalue weighted by Crippen LogP contribution is -1.97. The molecule has 8 heteroatoms. The van der Waals surface area contributed by atoms with E-state index in [1.165, 1.54) is 6.20 Å². The smallest absolute Gasteiger partial charge is 0.161 e. The molecule has 0 unspecified atom stereocenters. The van der Waals surface area contributed by atoms with Gasteiger partial charge in [-0.25, -0.2) is 0 Å². The molecular formula is C15H6Cl5N3. The van der Waals surface area contributed by atoms with Gasteiger partial charge in [0.25, 0.3) is 0 Å². The molecule has 0 bridgehead atoms. The van der Waals surface area contributed by atoms with Crippen LogP contribution < -0.4 is 0 Å². The minimum absolute atomic E-state index is 0.135. The van der Waals surface area contributed by atoms with Crippen LogP contribution in [0, 0.1) is 0 Å². The second-order valence-electron chi connectivity index (χ2n) is 4.52. The lowest BCUT2D eigenvalue weighted by atomic mass is 10.0. The molecule has 2 aromatic heterocycles. The maximum atomic E-state index is 6.26. The van der Waals surface area contributed by atoms with Crippen LogP contribution in [0.4, 0.5) is 0 Å². The summed E-state index contributed by atoms with van der Waals surface area (Å²) < 4.78 is 0. The zero-order chi connectivity index (χ0) is 16.6. The Morgan fingerprint density at radius 3 is 1.91 bits per heavy atom. The monoisotopic (exact) mass is 403 g/mol. The van der Waals surface area contributed by atoms with Crippen molar-refractivity contribution < 1.29 is 0 Å². The van der Waals surface area contributed by atoms with Gasteiger partial charge in [-0.3, -0.25) is 4.98 Å². The van der Waals surface area contributed by atoms with Crippen LogP contribution in [-0.2, 0) is 0 Å². The van der Waals surface area contributed by atoms with Gasteiger partial charge in [-0.1, -0.05) is 70.1 Å². The number of pyridine rings is 1. The van der Waals surface area contributed by atoms with Crippen molar-refractivity contribution >= 4 is 58.0 Å². The molecule has 3 nitrogen and oxygen atoms in total. The minimum atomic E-state index is 0.135. The Hall–Kier alpha value is -1.10. The van der Waals surface area contributed by atoms with Gasteiger partial charge in [0.05, 0.1) is 21.3 Å². The summed E-state index contributed by atoms with van der Waals surface area (Å²) in [5.41, 5.74) is 2.23. The van der Waals surface area contributed by atoms with Gasteiger partial charge in [0.15, 0.2) is 10.3 Å². The fraction of sp³-hybridized carbons (Fsp3) is 0. The maximum Gasteiger partial charge on any atom is 0.161 e. The molecule has 0 aliphatic rings. The Balaban J connectivity index is 2.32. The summed E-state index contributed by atoms with van der Waals surface area (Å²) in [5, 5.41) is 9.37. The van der Waals surface area contributed by atoms with Crippen LogP contribution >= 0.6 is 58.0 Å². The molecule has 0 aliphatic heterocycles. The average molecular weight is 405 g/mol. The summed E-state index contributed by atoms with van der Waals surface area (Å²) in [5.74, 6) is 0. The third-order valence-corrected chi connectivity index (χ3v) is 4.34. The second-order valence-corrected chi connectivity index (χ2v) is 6.52. The van der Waals surface area contributed by atoms with Crippen molar-refractivity contribution in [2.24, 2.45) is 0 Å². The quantitative estimate of drug-likeness (QED) is 0.490. The fourth-order valence-electron chi connectivity index (χ4n) is 2.09. The predicted molar refractivity (Wildman–Crippen MR) is 95.7 cm³/mol. The Morgan fingerprint density at radius 2 is 1.30 bits per heavy atom. The average Bonchev–Trinajstić information content (AvgIpc) is 2.51. The van der Waals surface area contributed by atoms with Crippen LogP contribution in [0.2, 0.25) is 25.4 Å². The first-order valence-corrected chi connectivity index (χ1v) is 8.15. The standard InChI is InChI=1S/C15H6Cl5N3/c16-8-3-1-7(2-4-8)11-12(15(20)23-22-14(11)19)13-10(18)5-9(17)6-21-13/h1-6H. The van der Waals surface area contributed by atoms with E-state index in [-0.39, 0.29) is 10.3 Å². The molecule has 0 N–H and O–H groups in total. The van der Waals surface area contributed by atoms with E-state index in [4.69, 9.17) is 58.0 Å². The van der Waals surface area contributed by atoms with Crippen molar-refractivity contribution in [1.82, 2.24) is 15.2 Å². The molecule has 116 valence electrons. The minimum Gasteiger partial charge on any atom is -0.253 e. The molecule has 3 aromatic rings. The number of benzene rings is 1. The molecule has 23 heavy (non-hydrogen) atoms. The van der Waals surface area contributed by atoms with Crippen molar-refractivity contribution in [3.8, 4) is 22.4 Å². The summed E-state index contributed by atoms with van der Waals surface area (Å²) in [6.07, 6.45) is 1.47. The van der Waals surface area contributed by atoms with E-state index in [1.54, 1.807) is 30.3 Å². The molecule has 2 heterocycles. The van der Waals surface area contributed by atoms with Gasteiger partial charge in [-0.2, -0.15) is 0 Å². The Bertz CT molecular complexity index is 881. The third-order valence-electron chi connectivity index (χ3n) is 3.07. The van der Waals surface area contributed by atoms with Gasteiger partial charge in [0.1, 0.15) is 0 Å². The maximum absolute atomic E-state index is 6.26. The molecule has 3 rings (SSSR count). The van der Waals surface area contributed by atoms with E-state index in [9.17, 15) is 0 Å². The van der Waals surface area contributed by atoms with Crippen LogP contribution in [0.25, 0.3) is 22.4 Å². The van der Waals surface area contributed by atoms with E-state index >= 15 is 0 Å². The van der Waals surface area contributed by atoms with E-state index < -0.39 is 0 Å². The number of rotatable bonds is 2. The summed E-state index contributed by atoms with van der Waals surface area (Å²) in [6, 6.07) is 8.65. The molecule has 0 fully saturated rings. The topological polar surface area (TPSA) is 38.7 Å². The highest BCUT2D eigenvalue weighted by molar-refractivity contribution is 6.39. The first-order chi connectivity index (χ1) is 11.0. The van der Waals surface area contributed by atoms with E-state index in [0.717, 1.165) is 5.56 Å². The van der Waals surface area contributed by atoms with Gasteiger partial charge in [-0.05, 0) is 23.8 Å². The molecule has 0 spiro atoms. The molecule has 0 radical (unpaired) electrons. The number of aromatic nitrogens is 3. The van der Waals surface area contributed by atoms with Gasteiger partial charge in [0, 0.05) is 16.8 Å². The number of nitrogens with zero attached hydrogens (tertiary/aromatic N) is 3. The van der Waals surface area contributed by atoms with Crippen molar-refractivity contribution in [3.05, 3.63) is 61.9 Å². The highest BCUT2D eigenvalue weighted by atomic mass is 35.5. The van der Waals surface area contributed by atoms with Gasteiger partial charge in [-0.15, -0.1) is 10.2 Å². The largest absolute Gasteiger partial charge is 0.253 e. The van der Waals surface area contributed by atoms with Crippen LogP contribution in [0.15, 0.2) is 36.5 Å². The lowest BCUT2D eigenvalue weighted by Gasteiger charge is -2.13. The van der Waals surface area contributed by atoms with Crippen molar-refractivity contribution in [3.63, 3.8) is 0 Å². The number of hydrogen-bond donors (Lipinski definition) is 0. The van der Waals surface area contributed by atoms with E-state index in [2.05, 4.69) is 15.2 Å². The highest BCUT2D eigenvalue weighted by Crippen LogP contribution is 2.42. The highest BCUT2D eigenvalue weighted by Gasteiger charge is 2.21. The number of halogens is 5. The molecule has 0 saturated carbocycles. The van der Waals surface area contributed by atoms with E-state index in [1.807, 2.05) is 0 Å². The fourth-order valence-corrected chi connectivity index (χ4v) is 3.15. The zero-order valence-electron chi connectivity index (χ0n) is 11.2. The van der Waals surface area contributed by atoms with Gasteiger partial charge < -0.3 is 0 Å². The van der Waals surface area contributed by atoms with Crippen LogP contribution in [-0.4, -0.2) is 15.2 Å². The number of hydrogen-bond acceptors (Lipinski definition) is 3. The normalized spacial score (nSPS) is 10.8. The molecule has 1 aromatic carbocycles. The predicted octanol–water partition coefficient (Wildman–Crippen LogP) is 6.47. The third kappa shape index (κ3) is 3.39. The van der Waals surface area contributed by atoms with Crippen molar-refractivity contribution in [2.45, 2.75) is 0 Å². The Morgan fingerprint density at radius 1 is 0.696 bits per heavy atom. The van der Waals surface area contributed by atoms with Crippen LogP contribution in [0.3, 0.4) is 0 Å². The van der Waals surface area contributed by atoms with Crippen LogP contribution in [0.5, 0.6) is 0 Å². The summed E-state index contributed by atoms with van der Waals surface area (Å²) >= 11 is 30.6. The van der Waals surface area contributed by atoms with Crippen molar-refractivity contribution in [2.75, 3.05) is 0 Å². The molecule has 0 atom stereocenters. The summed E-state index contributed by atoms with van der Waals surface area (Å²) in [4.78, 5) is 4.25.